The first-order valence-electron chi connectivity index (χ1n) is 4.56. The monoisotopic (exact) mass is 246 g/mol. The SMILES string of the molecule is CC(C)(c1cc(Cl)cnc1F)C(N)C(=O)O. The van der Waals surface area contributed by atoms with Crippen LogP contribution in [0, 0.1) is 5.95 Å². The Morgan fingerprint density at radius 3 is 2.75 bits per heavy atom. The van der Waals surface area contributed by atoms with Gasteiger partial charge in [0, 0.05) is 17.2 Å². The van der Waals surface area contributed by atoms with Gasteiger partial charge in [-0.1, -0.05) is 25.4 Å². The van der Waals surface area contributed by atoms with Crippen molar-refractivity contribution in [1.82, 2.24) is 4.98 Å². The normalized spacial score (nSPS) is 13.6. The zero-order valence-corrected chi connectivity index (χ0v) is 9.62. The molecule has 0 aliphatic heterocycles. The summed E-state index contributed by atoms with van der Waals surface area (Å²) in [7, 11) is 0. The fraction of sp³-hybridized carbons (Fsp3) is 0.400. The number of hydrogen-bond donors (Lipinski definition) is 2. The summed E-state index contributed by atoms with van der Waals surface area (Å²) in [6.07, 6.45) is 1.16. The number of carbonyl (C=O) groups is 1. The lowest BCUT2D eigenvalue weighted by molar-refractivity contribution is -0.140. The van der Waals surface area contributed by atoms with Crippen LogP contribution in [-0.2, 0) is 10.2 Å². The van der Waals surface area contributed by atoms with Crippen LogP contribution >= 0.6 is 11.6 Å². The summed E-state index contributed by atoms with van der Waals surface area (Å²) in [5.74, 6) is -1.96. The van der Waals surface area contributed by atoms with Crippen molar-refractivity contribution in [2.24, 2.45) is 5.73 Å². The molecule has 1 heterocycles. The lowest BCUT2D eigenvalue weighted by Gasteiger charge is -2.29. The van der Waals surface area contributed by atoms with Crippen LogP contribution in [0.3, 0.4) is 0 Å². The highest BCUT2D eigenvalue weighted by Crippen LogP contribution is 2.29. The number of carboxylic acids is 1. The number of aromatic nitrogens is 1. The minimum absolute atomic E-state index is 0.0925. The number of hydrogen-bond acceptors (Lipinski definition) is 3. The highest BCUT2D eigenvalue weighted by atomic mass is 35.5. The first-order chi connectivity index (χ1) is 7.26. The van der Waals surface area contributed by atoms with Crippen molar-refractivity contribution in [1.29, 1.82) is 0 Å². The largest absolute Gasteiger partial charge is 0.480 e. The van der Waals surface area contributed by atoms with Crippen LogP contribution in [-0.4, -0.2) is 22.1 Å². The van der Waals surface area contributed by atoms with Gasteiger partial charge in [0.05, 0.1) is 5.02 Å². The van der Waals surface area contributed by atoms with Gasteiger partial charge in [0.1, 0.15) is 6.04 Å². The van der Waals surface area contributed by atoms with E-state index < -0.39 is 23.4 Å². The Labute approximate surface area is 97.2 Å². The van der Waals surface area contributed by atoms with Gasteiger partial charge in [-0.15, -0.1) is 0 Å². The van der Waals surface area contributed by atoms with Crippen LogP contribution in [0.1, 0.15) is 19.4 Å². The lowest BCUT2D eigenvalue weighted by Crippen LogP contribution is -2.47. The molecule has 0 amide bonds. The van der Waals surface area contributed by atoms with Crippen LogP contribution in [0.25, 0.3) is 0 Å². The molecule has 1 aromatic heterocycles. The Balaban J connectivity index is 3.25. The molecule has 0 aromatic carbocycles. The van der Waals surface area contributed by atoms with E-state index in [1.807, 2.05) is 0 Å². The van der Waals surface area contributed by atoms with Gasteiger partial charge in [-0.3, -0.25) is 4.79 Å². The molecule has 1 rings (SSSR count). The molecule has 6 heteroatoms. The zero-order chi connectivity index (χ0) is 12.5. The topological polar surface area (TPSA) is 76.2 Å². The van der Waals surface area contributed by atoms with E-state index in [1.165, 1.54) is 19.9 Å². The zero-order valence-electron chi connectivity index (χ0n) is 8.87. The van der Waals surface area contributed by atoms with E-state index in [9.17, 15) is 9.18 Å². The van der Waals surface area contributed by atoms with E-state index in [0.717, 1.165) is 6.20 Å². The van der Waals surface area contributed by atoms with Crippen LogP contribution < -0.4 is 5.73 Å². The van der Waals surface area contributed by atoms with Crippen molar-refractivity contribution in [2.75, 3.05) is 0 Å². The van der Waals surface area contributed by atoms with Crippen molar-refractivity contribution >= 4 is 17.6 Å². The van der Waals surface area contributed by atoms with Crippen molar-refractivity contribution in [2.45, 2.75) is 25.3 Å². The molecule has 0 fully saturated rings. The number of aliphatic carboxylic acids is 1. The number of halogens is 2. The maximum atomic E-state index is 13.5. The van der Waals surface area contributed by atoms with Gasteiger partial charge in [-0.25, -0.2) is 4.98 Å². The molecule has 0 radical (unpaired) electrons. The second kappa shape index (κ2) is 4.35. The molecular formula is C10H12ClFN2O2. The number of pyridine rings is 1. The maximum absolute atomic E-state index is 13.5. The molecule has 88 valence electrons. The smallest absolute Gasteiger partial charge is 0.321 e. The van der Waals surface area contributed by atoms with Crippen molar-refractivity contribution in [3.63, 3.8) is 0 Å². The van der Waals surface area contributed by atoms with E-state index in [2.05, 4.69) is 4.98 Å². The average Bonchev–Trinajstić information content (AvgIpc) is 2.20. The molecule has 1 atom stereocenters. The molecule has 0 saturated carbocycles. The molecule has 3 N–H and O–H groups in total. The summed E-state index contributed by atoms with van der Waals surface area (Å²) in [5.41, 5.74) is 4.51. The Kier molecular flexibility index (Phi) is 3.50. The highest BCUT2D eigenvalue weighted by Gasteiger charge is 2.36. The molecule has 1 aromatic rings. The summed E-state index contributed by atoms with van der Waals surface area (Å²) in [4.78, 5) is 14.3. The summed E-state index contributed by atoms with van der Waals surface area (Å²) >= 11 is 5.69. The number of nitrogens with two attached hydrogens (primary N) is 1. The quantitative estimate of drug-likeness (QED) is 0.794. The first kappa shape index (κ1) is 12.9. The van der Waals surface area contributed by atoms with Crippen LogP contribution in [0.2, 0.25) is 5.02 Å². The maximum Gasteiger partial charge on any atom is 0.321 e. The van der Waals surface area contributed by atoms with Crippen molar-refractivity contribution in [3.8, 4) is 0 Å². The van der Waals surface area contributed by atoms with Crippen LogP contribution in [0.15, 0.2) is 12.3 Å². The third-order valence-corrected chi connectivity index (χ3v) is 2.75. The Morgan fingerprint density at radius 2 is 2.25 bits per heavy atom. The number of rotatable bonds is 3. The molecule has 0 aliphatic rings. The van der Waals surface area contributed by atoms with Gasteiger partial charge in [-0.2, -0.15) is 4.39 Å². The van der Waals surface area contributed by atoms with Crippen molar-refractivity contribution < 1.29 is 14.3 Å². The van der Waals surface area contributed by atoms with Gasteiger partial charge >= 0.3 is 5.97 Å². The van der Waals surface area contributed by atoms with E-state index >= 15 is 0 Å². The van der Waals surface area contributed by atoms with Crippen LogP contribution in [0.4, 0.5) is 4.39 Å². The van der Waals surface area contributed by atoms with Gasteiger partial charge in [0.2, 0.25) is 5.95 Å². The second-order valence-corrected chi connectivity index (χ2v) is 4.47. The minimum Gasteiger partial charge on any atom is -0.480 e. The summed E-state index contributed by atoms with van der Waals surface area (Å²) in [5, 5.41) is 9.08. The molecule has 1 unspecified atom stereocenters. The van der Waals surface area contributed by atoms with E-state index in [0.29, 0.717) is 0 Å². The second-order valence-electron chi connectivity index (χ2n) is 4.03. The fourth-order valence-corrected chi connectivity index (χ4v) is 1.51. The minimum atomic E-state index is -1.23. The fourth-order valence-electron chi connectivity index (χ4n) is 1.35. The summed E-state index contributed by atoms with van der Waals surface area (Å²) in [6.45, 7) is 3.06. The van der Waals surface area contributed by atoms with Crippen LogP contribution in [0.5, 0.6) is 0 Å². The van der Waals surface area contributed by atoms with E-state index in [1.54, 1.807) is 0 Å². The third-order valence-electron chi connectivity index (χ3n) is 2.54. The molecule has 0 spiro atoms. The number of carboxylic acid groups (broad SMARTS) is 1. The average molecular weight is 247 g/mol. The third kappa shape index (κ3) is 2.31. The van der Waals surface area contributed by atoms with E-state index in [-0.39, 0.29) is 10.6 Å². The Morgan fingerprint density at radius 1 is 1.69 bits per heavy atom. The molecule has 4 nitrogen and oxygen atoms in total. The number of nitrogens with zero attached hydrogens (tertiary/aromatic N) is 1. The molecular weight excluding hydrogens is 235 g/mol. The molecule has 0 aliphatic carbocycles. The Hall–Kier alpha value is -1.20. The highest BCUT2D eigenvalue weighted by molar-refractivity contribution is 6.30. The van der Waals surface area contributed by atoms with E-state index in [4.69, 9.17) is 22.4 Å². The Bertz CT molecular complexity index is 423. The first-order valence-corrected chi connectivity index (χ1v) is 4.94. The predicted molar refractivity (Wildman–Crippen MR) is 57.8 cm³/mol. The lowest BCUT2D eigenvalue weighted by atomic mass is 9.78. The summed E-state index contributed by atoms with van der Waals surface area (Å²) < 4.78 is 13.5. The van der Waals surface area contributed by atoms with Gasteiger partial charge < -0.3 is 10.8 Å². The molecule has 0 bridgehead atoms. The summed E-state index contributed by atoms with van der Waals surface area (Å²) in [6, 6.07) is 0.106. The standard InChI is InChI=1S/C10H12ClFN2O2/c1-10(2,7(13)9(15)16)6-3-5(11)4-14-8(6)12/h3-4,7H,13H2,1-2H3,(H,15,16). The van der Waals surface area contributed by atoms with Crippen molar-refractivity contribution in [3.05, 3.63) is 28.8 Å². The molecule has 16 heavy (non-hydrogen) atoms. The predicted octanol–water partition coefficient (Wildman–Crippen LogP) is 1.56. The van der Waals surface area contributed by atoms with Gasteiger partial charge in [-0.05, 0) is 6.07 Å². The van der Waals surface area contributed by atoms with Gasteiger partial charge in [0.15, 0.2) is 0 Å². The molecule has 0 saturated heterocycles. The van der Waals surface area contributed by atoms with Gasteiger partial charge in [0.25, 0.3) is 0 Å².